The average molecular weight is 207 g/mol. The van der Waals surface area contributed by atoms with Crippen LogP contribution < -0.4 is 0 Å². The van der Waals surface area contributed by atoms with Gasteiger partial charge in [-0.2, -0.15) is 0 Å². The first-order chi connectivity index (χ1) is 5.74. The van der Waals surface area contributed by atoms with Gasteiger partial charge in [-0.25, -0.2) is 9.97 Å². The fourth-order valence-electron chi connectivity index (χ4n) is 0.574. The van der Waals surface area contributed by atoms with E-state index in [2.05, 4.69) is 14.7 Å². The molecule has 0 fully saturated rings. The Morgan fingerprint density at radius 1 is 1.50 bits per heavy atom. The highest BCUT2D eigenvalue weighted by atomic mass is 35.5. The predicted molar refractivity (Wildman–Crippen MR) is 42.9 cm³/mol. The van der Waals surface area contributed by atoms with Gasteiger partial charge < -0.3 is 4.74 Å². The largest absolute Gasteiger partial charge is 0.461 e. The Kier molecular flexibility index (Phi) is 3.25. The van der Waals surface area contributed by atoms with Crippen molar-refractivity contribution in [1.29, 1.82) is 0 Å². The second kappa shape index (κ2) is 4.23. The minimum atomic E-state index is 0.0490. The summed E-state index contributed by atoms with van der Waals surface area (Å²) in [5.74, 6) is 0. The zero-order valence-electron chi connectivity index (χ0n) is 5.83. The van der Waals surface area contributed by atoms with Crippen LogP contribution in [0.3, 0.4) is 0 Å². The summed E-state index contributed by atoms with van der Waals surface area (Å²) in [5.41, 5.74) is 0.455. The summed E-state index contributed by atoms with van der Waals surface area (Å²) in [6.45, 7) is 0.373. The molecular weight excluding hydrogens is 203 g/mol. The minimum absolute atomic E-state index is 0.0490. The van der Waals surface area contributed by atoms with Crippen LogP contribution >= 0.6 is 23.2 Å². The number of carbonyl (C=O) groups is 1. The molecule has 1 rings (SSSR count). The molecule has 0 amide bonds. The maximum Gasteiger partial charge on any atom is 0.293 e. The van der Waals surface area contributed by atoms with Crippen LogP contribution in [-0.2, 0) is 16.1 Å². The first-order valence-corrected chi connectivity index (χ1v) is 3.72. The van der Waals surface area contributed by atoms with E-state index < -0.39 is 0 Å². The Bertz CT molecular complexity index is 293. The van der Waals surface area contributed by atoms with Gasteiger partial charge in [0.05, 0.1) is 11.9 Å². The van der Waals surface area contributed by atoms with Gasteiger partial charge >= 0.3 is 0 Å². The van der Waals surface area contributed by atoms with Crippen LogP contribution in [-0.4, -0.2) is 16.4 Å². The molecule has 4 nitrogen and oxygen atoms in total. The maximum atomic E-state index is 9.80. The standard InChI is InChI=1S/C6H4Cl2N2O2/c7-5-6(8)10-4(1-9-5)2-12-3-11/h1,3H,2H2. The lowest BCUT2D eigenvalue weighted by Crippen LogP contribution is -1.95. The van der Waals surface area contributed by atoms with Crippen molar-refractivity contribution in [3.63, 3.8) is 0 Å². The molecule has 0 atom stereocenters. The molecule has 0 radical (unpaired) electrons. The van der Waals surface area contributed by atoms with E-state index >= 15 is 0 Å². The van der Waals surface area contributed by atoms with Crippen molar-refractivity contribution in [3.05, 3.63) is 22.2 Å². The Hall–Kier alpha value is -0.870. The second-order valence-electron chi connectivity index (χ2n) is 1.85. The van der Waals surface area contributed by atoms with Crippen molar-refractivity contribution in [1.82, 2.24) is 9.97 Å². The lowest BCUT2D eigenvalue weighted by molar-refractivity contribution is -0.129. The lowest BCUT2D eigenvalue weighted by atomic mass is 10.5. The Morgan fingerprint density at radius 2 is 2.25 bits per heavy atom. The lowest BCUT2D eigenvalue weighted by Gasteiger charge is -1.98. The first kappa shape index (κ1) is 9.22. The molecule has 0 aliphatic carbocycles. The summed E-state index contributed by atoms with van der Waals surface area (Å²) in [5, 5.41) is 0.232. The average Bonchev–Trinajstić information content (AvgIpc) is 2.07. The zero-order chi connectivity index (χ0) is 8.97. The van der Waals surface area contributed by atoms with Crippen LogP contribution in [0.25, 0.3) is 0 Å². The van der Waals surface area contributed by atoms with Gasteiger partial charge in [-0.15, -0.1) is 0 Å². The third kappa shape index (κ3) is 2.32. The molecule has 0 N–H and O–H groups in total. The smallest absolute Gasteiger partial charge is 0.293 e. The number of aromatic nitrogens is 2. The molecule has 1 aromatic heterocycles. The van der Waals surface area contributed by atoms with Gasteiger partial charge in [0.15, 0.2) is 10.3 Å². The van der Waals surface area contributed by atoms with E-state index in [1.807, 2.05) is 0 Å². The summed E-state index contributed by atoms with van der Waals surface area (Å²) in [6.07, 6.45) is 1.39. The highest BCUT2D eigenvalue weighted by Gasteiger charge is 2.02. The number of rotatable bonds is 3. The van der Waals surface area contributed by atoms with Gasteiger partial charge in [0.25, 0.3) is 6.47 Å². The highest BCUT2D eigenvalue weighted by molar-refractivity contribution is 6.40. The molecule has 0 bridgehead atoms. The molecule has 0 aliphatic rings. The molecule has 1 aromatic rings. The van der Waals surface area contributed by atoms with Crippen LogP contribution in [0.4, 0.5) is 0 Å². The van der Waals surface area contributed by atoms with Gasteiger partial charge in [-0.1, -0.05) is 23.2 Å². The van der Waals surface area contributed by atoms with Crippen molar-refractivity contribution in [3.8, 4) is 0 Å². The number of halogens is 2. The van der Waals surface area contributed by atoms with Crippen molar-refractivity contribution in [2.75, 3.05) is 0 Å². The van der Waals surface area contributed by atoms with Crippen molar-refractivity contribution in [2.45, 2.75) is 6.61 Å². The monoisotopic (exact) mass is 206 g/mol. The molecule has 12 heavy (non-hydrogen) atoms. The first-order valence-electron chi connectivity index (χ1n) is 2.96. The van der Waals surface area contributed by atoms with Crippen LogP contribution in [0.1, 0.15) is 5.69 Å². The predicted octanol–water partition coefficient (Wildman–Crippen LogP) is 1.46. The fraction of sp³-hybridized carbons (Fsp3) is 0.167. The SMILES string of the molecule is O=COCc1cnc(Cl)c(Cl)n1. The van der Waals surface area contributed by atoms with E-state index in [1.165, 1.54) is 6.20 Å². The van der Waals surface area contributed by atoms with E-state index in [1.54, 1.807) is 0 Å². The second-order valence-corrected chi connectivity index (χ2v) is 2.57. The molecule has 0 aromatic carbocycles. The van der Waals surface area contributed by atoms with Gasteiger partial charge in [-0.3, -0.25) is 4.79 Å². The number of hydrogen-bond acceptors (Lipinski definition) is 4. The number of hydrogen-bond donors (Lipinski definition) is 0. The molecule has 0 saturated heterocycles. The molecule has 0 aliphatic heterocycles. The van der Waals surface area contributed by atoms with Gasteiger partial charge in [0.1, 0.15) is 6.61 Å². The topological polar surface area (TPSA) is 52.1 Å². The van der Waals surface area contributed by atoms with Gasteiger partial charge in [0, 0.05) is 0 Å². The third-order valence-electron chi connectivity index (χ3n) is 1.04. The quantitative estimate of drug-likeness (QED) is 0.704. The summed E-state index contributed by atoms with van der Waals surface area (Å²) in [6, 6.07) is 0. The molecule has 6 heteroatoms. The zero-order valence-corrected chi connectivity index (χ0v) is 7.34. The molecular formula is C6H4Cl2N2O2. The molecule has 1 heterocycles. The highest BCUT2D eigenvalue weighted by Crippen LogP contribution is 2.15. The van der Waals surface area contributed by atoms with E-state index in [0.29, 0.717) is 12.2 Å². The van der Waals surface area contributed by atoms with Crippen molar-refractivity contribution < 1.29 is 9.53 Å². The molecule has 0 saturated carbocycles. The van der Waals surface area contributed by atoms with E-state index in [9.17, 15) is 4.79 Å². The third-order valence-corrected chi connectivity index (χ3v) is 1.68. The minimum Gasteiger partial charge on any atom is -0.461 e. The Balaban J connectivity index is 2.75. The van der Waals surface area contributed by atoms with Crippen molar-refractivity contribution in [2.24, 2.45) is 0 Å². The summed E-state index contributed by atoms with van der Waals surface area (Å²) in [7, 11) is 0. The summed E-state index contributed by atoms with van der Waals surface area (Å²) < 4.78 is 4.43. The van der Waals surface area contributed by atoms with E-state index in [-0.39, 0.29) is 16.9 Å². The number of nitrogens with zero attached hydrogens (tertiary/aromatic N) is 2. The van der Waals surface area contributed by atoms with Crippen LogP contribution in [0.2, 0.25) is 10.3 Å². The number of carbonyl (C=O) groups excluding carboxylic acids is 1. The molecule has 0 spiro atoms. The number of ether oxygens (including phenoxy) is 1. The van der Waals surface area contributed by atoms with Crippen LogP contribution in [0, 0.1) is 0 Å². The molecule has 0 unspecified atom stereocenters. The van der Waals surface area contributed by atoms with Gasteiger partial charge in [-0.05, 0) is 0 Å². The van der Waals surface area contributed by atoms with Crippen molar-refractivity contribution >= 4 is 29.7 Å². The summed E-state index contributed by atoms with van der Waals surface area (Å²) >= 11 is 11.0. The van der Waals surface area contributed by atoms with Crippen LogP contribution in [0.5, 0.6) is 0 Å². The maximum absolute atomic E-state index is 9.80. The Labute approximate surface area is 78.5 Å². The van der Waals surface area contributed by atoms with Crippen LogP contribution in [0.15, 0.2) is 6.20 Å². The fourth-order valence-corrected chi connectivity index (χ4v) is 0.823. The molecule has 64 valence electrons. The summed E-state index contributed by atoms with van der Waals surface area (Å²) in [4.78, 5) is 17.3. The van der Waals surface area contributed by atoms with E-state index in [4.69, 9.17) is 23.2 Å². The van der Waals surface area contributed by atoms with E-state index in [0.717, 1.165) is 0 Å². The van der Waals surface area contributed by atoms with Gasteiger partial charge in [0.2, 0.25) is 0 Å². The normalized spacial score (nSPS) is 9.50. The Morgan fingerprint density at radius 3 is 2.83 bits per heavy atom.